The number of alkyl halides is 1. The third-order valence-corrected chi connectivity index (χ3v) is 3.35. The maximum absolute atomic E-state index is 10.5. The van der Waals surface area contributed by atoms with Crippen LogP contribution in [-0.2, 0) is 18.5 Å². The van der Waals surface area contributed by atoms with E-state index in [1.807, 2.05) is 26.0 Å². The average Bonchev–Trinajstić information content (AvgIpc) is 2.55. The second-order valence-electron chi connectivity index (χ2n) is 4.42. The summed E-state index contributed by atoms with van der Waals surface area (Å²) in [6, 6.07) is 10.7. The molecular formula is C16H20BrN3O3. The molecule has 2 aromatic rings. The number of halogens is 1. The molecule has 0 aliphatic rings. The highest BCUT2D eigenvalue weighted by atomic mass is 79.9. The van der Waals surface area contributed by atoms with Crippen molar-refractivity contribution in [3.8, 4) is 5.75 Å². The first-order chi connectivity index (χ1) is 11.1. The summed E-state index contributed by atoms with van der Waals surface area (Å²) >= 11 is 3.31. The minimum Gasteiger partial charge on any atom is -0.485 e. The van der Waals surface area contributed by atoms with Gasteiger partial charge in [0.2, 0.25) is 6.54 Å². The summed E-state index contributed by atoms with van der Waals surface area (Å²) in [5.41, 5.74) is 8.12. The van der Waals surface area contributed by atoms with Crippen LogP contribution < -0.4 is 10.5 Å². The molecule has 0 amide bonds. The minimum atomic E-state index is -0.360. The van der Waals surface area contributed by atoms with Gasteiger partial charge in [0, 0.05) is 15.8 Å². The molecule has 1 aromatic heterocycles. The number of ether oxygens (including phenoxy) is 1. The van der Waals surface area contributed by atoms with Gasteiger partial charge in [-0.15, -0.1) is 0 Å². The summed E-state index contributed by atoms with van der Waals surface area (Å²) in [6.07, 6.45) is 0. The lowest BCUT2D eigenvalue weighted by molar-refractivity contribution is -0.496. The monoisotopic (exact) mass is 381 g/mol. The Hall–Kier alpha value is -2.15. The van der Waals surface area contributed by atoms with Crippen LogP contribution in [0.1, 0.15) is 30.7 Å². The van der Waals surface area contributed by atoms with E-state index in [0.29, 0.717) is 22.5 Å². The van der Waals surface area contributed by atoms with Crippen LogP contribution >= 0.6 is 15.9 Å². The van der Waals surface area contributed by atoms with Crippen molar-refractivity contribution in [2.24, 2.45) is 0 Å². The molecule has 7 heteroatoms. The van der Waals surface area contributed by atoms with Crippen LogP contribution in [-0.4, -0.2) is 9.91 Å². The van der Waals surface area contributed by atoms with Crippen molar-refractivity contribution in [1.82, 2.24) is 4.98 Å². The van der Waals surface area contributed by atoms with Crippen LogP contribution in [0.3, 0.4) is 0 Å². The molecule has 124 valence electrons. The molecule has 0 aliphatic carbocycles. The first-order valence-electron chi connectivity index (χ1n) is 7.22. The van der Waals surface area contributed by atoms with Crippen molar-refractivity contribution in [2.75, 3.05) is 5.73 Å². The summed E-state index contributed by atoms with van der Waals surface area (Å²) in [5.74, 6) is 0.827. The summed E-state index contributed by atoms with van der Waals surface area (Å²) in [7, 11) is 0. The zero-order valence-corrected chi connectivity index (χ0v) is 14.7. The van der Waals surface area contributed by atoms with Gasteiger partial charge < -0.3 is 10.5 Å². The van der Waals surface area contributed by atoms with Gasteiger partial charge in [0.15, 0.2) is 11.6 Å². The van der Waals surface area contributed by atoms with Gasteiger partial charge in [-0.25, -0.2) is 4.98 Å². The van der Waals surface area contributed by atoms with E-state index in [-0.39, 0.29) is 18.1 Å². The molecule has 6 nitrogen and oxygen atoms in total. The Morgan fingerprint density at radius 2 is 1.96 bits per heavy atom. The highest BCUT2D eigenvalue weighted by Gasteiger charge is 2.06. The molecule has 0 saturated carbocycles. The molecule has 1 heterocycles. The number of nitro groups is 1. The number of nitrogen functional groups attached to an aromatic ring is 1. The quantitative estimate of drug-likeness (QED) is 0.464. The maximum Gasteiger partial charge on any atom is 0.228 e. The predicted molar refractivity (Wildman–Crippen MR) is 94.1 cm³/mol. The number of aromatic nitrogens is 1. The van der Waals surface area contributed by atoms with Crippen molar-refractivity contribution in [1.29, 1.82) is 0 Å². The summed E-state index contributed by atoms with van der Waals surface area (Å²) < 4.78 is 5.61. The van der Waals surface area contributed by atoms with E-state index in [0.717, 1.165) is 11.3 Å². The van der Waals surface area contributed by atoms with E-state index in [1.165, 1.54) is 0 Å². The molecule has 0 aliphatic heterocycles. The predicted octanol–water partition coefficient (Wildman–Crippen LogP) is 3.94. The topological polar surface area (TPSA) is 91.3 Å². The Morgan fingerprint density at radius 1 is 1.26 bits per heavy atom. The van der Waals surface area contributed by atoms with Gasteiger partial charge in [-0.05, 0) is 23.8 Å². The lowest BCUT2D eigenvalue weighted by Gasteiger charge is -2.09. The SMILES string of the molecule is CC.Nc1nc(CBr)ccc1OCc1cccc(C[N+](=O)[O-])c1. The number of benzene rings is 1. The third kappa shape index (κ3) is 6.23. The second-order valence-corrected chi connectivity index (χ2v) is 4.98. The number of nitrogens with two attached hydrogens (primary N) is 1. The Labute approximate surface area is 144 Å². The first kappa shape index (κ1) is 18.9. The molecule has 2 rings (SSSR count). The van der Waals surface area contributed by atoms with E-state index in [9.17, 15) is 10.1 Å². The van der Waals surface area contributed by atoms with Gasteiger partial charge in [0.1, 0.15) is 6.61 Å². The number of anilines is 1. The Balaban J connectivity index is 0.00000127. The smallest absolute Gasteiger partial charge is 0.228 e. The van der Waals surface area contributed by atoms with Crippen molar-refractivity contribution in [2.45, 2.75) is 32.3 Å². The van der Waals surface area contributed by atoms with Crippen LogP contribution in [0.25, 0.3) is 0 Å². The van der Waals surface area contributed by atoms with E-state index >= 15 is 0 Å². The first-order valence-corrected chi connectivity index (χ1v) is 8.34. The number of rotatable bonds is 6. The average molecular weight is 382 g/mol. The van der Waals surface area contributed by atoms with Gasteiger partial charge in [0.05, 0.1) is 5.69 Å². The lowest BCUT2D eigenvalue weighted by atomic mass is 10.1. The fourth-order valence-electron chi connectivity index (χ4n) is 1.83. The van der Waals surface area contributed by atoms with Crippen LogP contribution in [0, 0.1) is 10.1 Å². The number of pyridine rings is 1. The van der Waals surface area contributed by atoms with E-state index in [2.05, 4.69) is 20.9 Å². The fourth-order valence-corrected chi connectivity index (χ4v) is 2.14. The fraction of sp³-hybridized carbons (Fsp3) is 0.312. The summed E-state index contributed by atoms with van der Waals surface area (Å²) in [5, 5.41) is 11.1. The molecule has 0 spiro atoms. The molecule has 23 heavy (non-hydrogen) atoms. The molecular weight excluding hydrogens is 362 g/mol. The minimum absolute atomic E-state index is 0.197. The maximum atomic E-state index is 10.5. The van der Waals surface area contributed by atoms with Gasteiger partial charge in [0.25, 0.3) is 0 Å². The number of hydrogen-bond acceptors (Lipinski definition) is 5. The standard InChI is InChI=1S/C14H14BrN3O3.C2H6/c15-7-12-4-5-13(14(16)17-12)21-9-11-3-1-2-10(6-11)8-18(19)20;1-2/h1-6H,7-9H2,(H2,16,17);1-2H3. The Bertz CT molecular complexity index is 650. The highest BCUT2D eigenvalue weighted by molar-refractivity contribution is 9.08. The molecule has 0 radical (unpaired) electrons. The molecule has 0 saturated heterocycles. The van der Waals surface area contributed by atoms with E-state index < -0.39 is 0 Å². The number of nitrogens with zero attached hydrogens (tertiary/aromatic N) is 2. The van der Waals surface area contributed by atoms with Crippen molar-refractivity contribution in [3.05, 3.63) is 63.3 Å². The van der Waals surface area contributed by atoms with Crippen LogP contribution in [0.5, 0.6) is 5.75 Å². The van der Waals surface area contributed by atoms with E-state index in [1.54, 1.807) is 24.3 Å². The lowest BCUT2D eigenvalue weighted by Crippen LogP contribution is -2.03. The van der Waals surface area contributed by atoms with Crippen LogP contribution in [0.15, 0.2) is 36.4 Å². The van der Waals surface area contributed by atoms with Crippen molar-refractivity contribution >= 4 is 21.7 Å². The van der Waals surface area contributed by atoms with Gasteiger partial charge in [-0.3, -0.25) is 10.1 Å². The zero-order valence-electron chi connectivity index (χ0n) is 13.2. The number of hydrogen-bond donors (Lipinski definition) is 1. The van der Waals surface area contributed by atoms with Crippen molar-refractivity contribution in [3.63, 3.8) is 0 Å². The third-order valence-electron chi connectivity index (χ3n) is 2.78. The van der Waals surface area contributed by atoms with Crippen molar-refractivity contribution < 1.29 is 9.66 Å². The van der Waals surface area contributed by atoms with Crippen LogP contribution in [0.2, 0.25) is 0 Å². The Morgan fingerprint density at radius 3 is 2.57 bits per heavy atom. The molecule has 2 N–H and O–H groups in total. The van der Waals surface area contributed by atoms with Crippen LogP contribution in [0.4, 0.5) is 5.82 Å². The highest BCUT2D eigenvalue weighted by Crippen LogP contribution is 2.21. The zero-order chi connectivity index (χ0) is 17.2. The molecule has 1 aromatic carbocycles. The largest absolute Gasteiger partial charge is 0.485 e. The van der Waals surface area contributed by atoms with Gasteiger partial charge in [-0.1, -0.05) is 48.0 Å². The molecule has 0 atom stereocenters. The van der Waals surface area contributed by atoms with E-state index in [4.69, 9.17) is 10.5 Å². The summed E-state index contributed by atoms with van der Waals surface area (Å²) in [6.45, 7) is 4.09. The molecule has 0 fully saturated rings. The normalized spacial score (nSPS) is 9.70. The van der Waals surface area contributed by atoms with Gasteiger partial charge >= 0.3 is 0 Å². The van der Waals surface area contributed by atoms with Gasteiger partial charge in [-0.2, -0.15) is 0 Å². The molecule has 0 unspecified atom stereocenters. The second kappa shape index (κ2) is 9.78. The summed E-state index contributed by atoms with van der Waals surface area (Å²) in [4.78, 5) is 14.3. The molecule has 0 bridgehead atoms. The Kier molecular flexibility index (Phi) is 8.04.